The number of hydrogen-bond donors (Lipinski definition) is 1. The summed E-state index contributed by atoms with van der Waals surface area (Å²) in [4.78, 5) is 0. The normalized spacial score (nSPS) is 9.82. The third-order valence-corrected chi connectivity index (χ3v) is 1.38. The average Bonchev–Trinajstić information content (AvgIpc) is 1.99. The van der Waals surface area contributed by atoms with Crippen molar-refractivity contribution in [2.24, 2.45) is 0 Å². The van der Waals surface area contributed by atoms with Crippen LogP contribution in [0.5, 0.6) is 0 Å². The van der Waals surface area contributed by atoms with Gasteiger partial charge in [-0.1, -0.05) is 11.6 Å². The number of halogens is 3. The molecule has 0 radical (unpaired) electrons. The first-order valence-corrected chi connectivity index (χ1v) is 3.05. The minimum Gasteiger partial charge on any atom is -0.761 e. The summed E-state index contributed by atoms with van der Waals surface area (Å²) < 4.78 is 24.8. The smallest absolute Gasteiger partial charge is 0.177 e. The lowest BCUT2D eigenvalue weighted by Gasteiger charge is -2.09. The van der Waals surface area contributed by atoms with Crippen molar-refractivity contribution in [3.63, 3.8) is 0 Å². The lowest BCUT2D eigenvalue weighted by Crippen LogP contribution is -1.90. The molecule has 0 saturated heterocycles. The van der Waals surface area contributed by atoms with Gasteiger partial charge in [-0.2, -0.15) is 0 Å². The molecule has 0 atom stereocenters. The first kappa shape index (κ1) is 8.23. The van der Waals surface area contributed by atoms with Crippen LogP contribution in [-0.2, 0) is 0 Å². The molecule has 0 aliphatic carbocycles. The minimum atomic E-state index is -1.15. The van der Waals surface area contributed by atoms with E-state index in [0.29, 0.717) is 0 Å². The van der Waals surface area contributed by atoms with Crippen LogP contribution in [0.15, 0.2) is 12.1 Å². The van der Waals surface area contributed by atoms with Crippen LogP contribution in [0.4, 0.5) is 14.5 Å². The summed E-state index contributed by atoms with van der Waals surface area (Å²) in [7, 11) is 0. The largest absolute Gasteiger partial charge is 0.761 e. The maximum Gasteiger partial charge on any atom is 0.177 e. The van der Waals surface area contributed by atoms with Crippen molar-refractivity contribution >= 4 is 17.3 Å². The molecule has 1 N–H and O–H groups in total. The fraction of sp³-hybridized carbons (Fsp3) is 0. The van der Waals surface area contributed by atoms with E-state index in [0.717, 1.165) is 12.1 Å². The van der Waals surface area contributed by atoms with E-state index < -0.39 is 16.7 Å². The second kappa shape index (κ2) is 3.02. The molecule has 1 rings (SSSR count). The van der Waals surface area contributed by atoms with E-state index in [9.17, 15) is 14.0 Å². The molecule has 1 aromatic carbocycles. The molecule has 1 aromatic rings. The molecule has 5 heteroatoms. The van der Waals surface area contributed by atoms with Gasteiger partial charge in [0.1, 0.15) is 0 Å². The first-order valence-electron chi connectivity index (χ1n) is 2.68. The van der Waals surface area contributed by atoms with Gasteiger partial charge in [-0.25, -0.2) is 8.78 Å². The lowest BCUT2D eigenvalue weighted by molar-refractivity contribution is 0.509. The average molecular weight is 179 g/mol. The zero-order valence-electron chi connectivity index (χ0n) is 5.20. The van der Waals surface area contributed by atoms with Gasteiger partial charge in [0.15, 0.2) is 11.6 Å². The van der Waals surface area contributed by atoms with Crippen molar-refractivity contribution in [2.45, 2.75) is 0 Å². The van der Waals surface area contributed by atoms with Crippen LogP contribution < -0.4 is 5.48 Å². The third kappa shape index (κ3) is 1.58. The molecule has 0 spiro atoms. The van der Waals surface area contributed by atoms with E-state index in [1.54, 1.807) is 0 Å². The summed E-state index contributed by atoms with van der Waals surface area (Å²) in [5.74, 6) is -2.29. The molecule has 0 aromatic heterocycles. The lowest BCUT2D eigenvalue weighted by atomic mass is 10.3. The number of nitrogens with one attached hydrogen (secondary N) is 1. The van der Waals surface area contributed by atoms with Crippen molar-refractivity contribution < 1.29 is 8.78 Å². The van der Waals surface area contributed by atoms with E-state index in [1.807, 2.05) is 0 Å². The predicted molar refractivity (Wildman–Crippen MR) is 38.4 cm³/mol. The SMILES string of the molecule is [O-]Nc1cc(F)c(F)c(Cl)c1. The molecule has 0 aliphatic rings. The molecule has 0 unspecified atom stereocenters. The van der Waals surface area contributed by atoms with Gasteiger partial charge in [0, 0.05) is 5.69 Å². The minimum absolute atomic E-state index is 0.103. The van der Waals surface area contributed by atoms with E-state index in [1.165, 1.54) is 5.48 Å². The van der Waals surface area contributed by atoms with Gasteiger partial charge in [-0.3, -0.25) is 0 Å². The Morgan fingerprint density at radius 1 is 1.36 bits per heavy atom. The van der Waals surface area contributed by atoms with E-state index in [2.05, 4.69) is 0 Å². The molecule has 0 saturated carbocycles. The van der Waals surface area contributed by atoms with Crippen molar-refractivity contribution in [1.29, 1.82) is 0 Å². The Bertz CT molecular complexity index is 256. The predicted octanol–water partition coefficient (Wildman–Crippen LogP) is 2.53. The Hall–Kier alpha value is -0.870. The summed E-state index contributed by atoms with van der Waals surface area (Å²) >= 11 is 5.20. The standard InChI is InChI=1S/C6H3ClF2NO/c7-4-1-3(10-11)2-5(8)6(4)9/h1-2,10H/q-1. The molecule has 0 amide bonds. The monoisotopic (exact) mass is 178 g/mol. The van der Waals surface area contributed by atoms with Crippen molar-refractivity contribution in [3.05, 3.63) is 34.0 Å². The highest BCUT2D eigenvalue weighted by atomic mass is 35.5. The van der Waals surface area contributed by atoms with Crippen LogP contribution in [0.1, 0.15) is 0 Å². The molecule has 60 valence electrons. The van der Waals surface area contributed by atoms with Crippen LogP contribution >= 0.6 is 11.6 Å². The molecular weight excluding hydrogens is 176 g/mol. The van der Waals surface area contributed by atoms with E-state index >= 15 is 0 Å². The Morgan fingerprint density at radius 2 is 2.00 bits per heavy atom. The highest BCUT2D eigenvalue weighted by Gasteiger charge is 2.06. The Balaban J connectivity index is 3.21. The molecule has 0 fully saturated rings. The summed E-state index contributed by atoms with van der Waals surface area (Å²) in [6.07, 6.45) is 0. The molecule has 11 heavy (non-hydrogen) atoms. The van der Waals surface area contributed by atoms with E-state index in [-0.39, 0.29) is 5.69 Å². The second-order valence-corrected chi connectivity index (χ2v) is 2.26. The quantitative estimate of drug-likeness (QED) is 0.530. The fourth-order valence-corrected chi connectivity index (χ4v) is 0.822. The van der Waals surface area contributed by atoms with Crippen LogP contribution in [0.3, 0.4) is 0 Å². The highest BCUT2D eigenvalue weighted by molar-refractivity contribution is 6.31. The van der Waals surface area contributed by atoms with Crippen LogP contribution in [-0.4, -0.2) is 0 Å². The van der Waals surface area contributed by atoms with Gasteiger partial charge in [-0.05, 0) is 12.1 Å². The Morgan fingerprint density at radius 3 is 2.45 bits per heavy atom. The number of benzene rings is 1. The fourth-order valence-electron chi connectivity index (χ4n) is 0.614. The zero-order valence-corrected chi connectivity index (χ0v) is 5.95. The molecule has 0 heterocycles. The molecule has 2 nitrogen and oxygen atoms in total. The number of anilines is 1. The van der Waals surface area contributed by atoms with E-state index in [4.69, 9.17) is 11.6 Å². The zero-order chi connectivity index (χ0) is 8.43. The van der Waals surface area contributed by atoms with Gasteiger partial charge in [0.05, 0.1) is 5.02 Å². The maximum atomic E-state index is 12.4. The van der Waals surface area contributed by atoms with Crippen molar-refractivity contribution in [3.8, 4) is 0 Å². The van der Waals surface area contributed by atoms with Gasteiger partial charge in [0.2, 0.25) is 0 Å². The number of hydrogen-bond acceptors (Lipinski definition) is 2. The second-order valence-electron chi connectivity index (χ2n) is 1.86. The van der Waals surface area contributed by atoms with Crippen molar-refractivity contribution in [2.75, 3.05) is 5.48 Å². The van der Waals surface area contributed by atoms with Crippen LogP contribution in [0.2, 0.25) is 5.02 Å². The molecule has 0 aliphatic heterocycles. The molecule has 0 bridgehead atoms. The third-order valence-electron chi connectivity index (χ3n) is 1.10. The summed E-state index contributed by atoms with van der Waals surface area (Å²) in [5.41, 5.74) is 1.29. The van der Waals surface area contributed by atoms with Crippen LogP contribution in [0.25, 0.3) is 0 Å². The summed E-state index contributed by atoms with van der Waals surface area (Å²) in [6, 6.07) is 1.74. The highest BCUT2D eigenvalue weighted by Crippen LogP contribution is 2.22. The van der Waals surface area contributed by atoms with Gasteiger partial charge >= 0.3 is 0 Å². The molecular formula is C6H3ClF2NO-. The van der Waals surface area contributed by atoms with Crippen LogP contribution in [0, 0.1) is 16.8 Å². The van der Waals surface area contributed by atoms with Gasteiger partial charge < -0.3 is 10.7 Å². The summed E-state index contributed by atoms with van der Waals surface area (Å²) in [5, 5.41) is 9.54. The first-order chi connectivity index (χ1) is 5.15. The topological polar surface area (TPSA) is 35.1 Å². The Kier molecular flexibility index (Phi) is 2.26. The summed E-state index contributed by atoms with van der Waals surface area (Å²) in [6.45, 7) is 0. The van der Waals surface area contributed by atoms with Crippen molar-refractivity contribution in [1.82, 2.24) is 0 Å². The Labute approximate surface area is 66.4 Å². The van der Waals surface area contributed by atoms with Gasteiger partial charge in [-0.15, -0.1) is 0 Å². The maximum absolute atomic E-state index is 12.4. The number of rotatable bonds is 1. The van der Waals surface area contributed by atoms with Gasteiger partial charge in [0.25, 0.3) is 0 Å².